The normalized spacial score (nSPS) is 12.4. The predicted molar refractivity (Wildman–Crippen MR) is 82.5 cm³/mol. The van der Waals surface area contributed by atoms with Gasteiger partial charge in [0.1, 0.15) is 0 Å². The van der Waals surface area contributed by atoms with Crippen LogP contribution in [0.3, 0.4) is 0 Å². The molecule has 0 saturated carbocycles. The Bertz CT molecular complexity index is 522. The number of hydrogen-bond donors (Lipinski definition) is 0. The molecule has 0 spiro atoms. The van der Waals surface area contributed by atoms with E-state index in [0.717, 1.165) is 10.9 Å². The first-order chi connectivity index (χ1) is 8.72. The zero-order valence-corrected chi connectivity index (χ0v) is 12.7. The predicted octanol–water partition coefficient (Wildman–Crippen LogP) is 5.32. The second kappa shape index (κ2) is 6.40. The largest absolute Gasteiger partial charge is 0.126 e. The number of halogens is 2. The quantitative estimate of drug-likeness (QED) is 0.668. The Morgan fingerprint density at radius 2 is 1.72 bits per heavy atom. The van der Waals surface area contributed by atoms with Crippen molar-refractivity contribution in [1.82, 2.24) is 0 Å². The van der Waals surface area contributed by atoms with E-state index in [0.29, 0.717) is 11.8 Å². The lowest BCUT2D eigenvalue weighted by atomic mass is 9.91. The molecule has 18 heavy (non-hydrogen) atoms. The van der Waals surface area contributed by atoms with Crippen molar-refractivity contribution in [2.24, 2.45) is 0 Å². The molecule has 0 aliphatic heterocycles. The van der Waals surface area contributed by atoms with Crippen LogP contribution in [-0.4, -0.2) is 5.88 Å². The topological polar surface area (TPSA) is 0 Å². The van der Waals surface area contributed by atoms with Crippen LogP contribution in [0.4, 0.5) is 0 Å². The summed E-state index contributed by atoms with van der Waals surface area (Å²) in [4.78, 5) is 0. The summed E-state index contributed by atoms with van der Waals surface area (Å²) in [7, 11) is 0. The maximum atomic E-state index is 6.16. The molecule has 0 N–H and O–H groups in total. The summed E-state index contributed by atoms with van der Waals surface area (Å²) in [6, 6.07) is 16.8. The summed E-state index contributed by atoms with van der Waals surface area (Å²) >= 11 is 9.76. The summed E-state index contributed by atoms with van der Waals surface area (Å²) in [6.07, 6.45) is 0.968. The van der Waals surface area contributed by atoms with Crippen LogP contribution in [0.15, 0.2) is 53.0 Å². The minimum absolute atomic E-state index is 0.367. The minimum Gasteiger partial charge on any atom is -0.126 e. The third-order valence-corrected chi connectivity index (χ3v) is 4.38. The maximum Gasteiger partial charge on any atom is 0.0295 e. The molecule has 1 atom stereocenters. The van der Waals surface area contributed by atoms with Crippen molar-refractivity contribution in [2.45, 2.75) is 19.3 Å². The molecule has 94 valence electrons. The lowest BCUT2D eigenvalue weighted by Crippen LogP contribution is -2.07. The van der Waals surface area contributed by atoms with Crippen molar-refractivity contribution in [2.75, 3.05) is 5.88 Å². The van der Waals surface area contributed by atoms with Crippen LogP contribution in [-0.2, 0) is 6.42 Å². The SMILES string of the molecule is Cc1ccccc1C(CCl)Cc1ccccc1Br. The lowest BCUT2D eigenvalue weighted by Gasteiger charge is -2.17. The van der Waals surface area contributed by atoms with E-state index in [1.165, 1.54) is 16.7 Å². The Kier molecular flexibility index (Phi) is 4.85. The van der Waals surface area contributed by atoms with Gasteiger partial charge in [-0.25, -0.2) is 0 Å². The monoisotopic (exact) mass is 322 g/mol. The minimum atomic E-state index is 0.367. The van der Waals surface area contributed by atoms with Crippen LogP contribution in [0.1, 0.15) is 22.6 Å². The van der Waals surface area contributed by atoms with Gasteiger partial charge in [-0.15, -0.1) is 11.6 Å². The van der Waals surface area contributed by atoms with Crippen LogP contribution in [0.2, 0.25) is 0 Å². The highest BCUT2D eigenvalue weighted by atomic mass is 79.9. The fourth-order valence-corrected chi connectivity index (χ4v) is 2.94. The molecule has 0 amide bonds. The molecule has 0 saturated heterocycles. The van der Waals surface area contributed by atoms with Gasteiger partial charge in [0.05, 0.1) is 0 Å². The number of aryl methyl sites for hydroxylation is 1. The van der Waals surface area contributed by atoms with Gasteiger partial charge in [-0.05, 0) is 36.1 Å². The first kappa shape index (κ1) is 13.6. The van der Waals surface area contributed by atoms with Crippen molar-refractivity contribution < 1.29 is 0 Å². The van der Waals surface area contributed by atoms with E-state index < -0.39 is 0 Å². The molecule has 2 aromatic carbocycles. The van der Waals surface area contributed by atoms with Gasteiger partial charge in [0, 0.05) is 16.3 Å². The van der Waals surface area contributed by atoms with Crippen LogP contribution in [0, 0.1) is 6.92 Å². The van der Waals surface area contributed by atoms with Gasteiger partial charge in [0.15, 0.2) is 0 Å². The van der Waals surface area contributed by atoms with E-state index >= 15 is 0 Å². The van der Waals surface area contributed by atoms with E-state index in [1.807, 2.05) is 6.07 Å². The fourth-order valence-electron chi connectivity index (χ4n) is 2.22. The average Bonchev–Trinajstić information content (AvgIpc) is 2.39. The zero-order valence-electron chi connectivity index (χ0n) is 10.4. The standard InChI is InChI=1S/C16H16BrCl/c1-12-6-2-4-8-15(12)14(11-18)10-13-7-3-5-9-16(13)17/h2-9,14H,10-11H2,1H3. The number of alkyl halides is 1. The van der Waals surface area contributed by atoms with Crippen molar-refractivity contribution in [3.63, 3.8) is 0 Å². The molecular formula is C16H16BrCl. The van der Waals surface area contributed by atoms with Crippen LogP contribution >= 0.6 is 27.5 Å². The Labute approximate surface area is 122 Å². The first-order valence-electron chi connectivity index (χ1n) is 6.07. The number of benzene rings is 2. The van der Waals surface area contributed by atoms with Gasteiger partial charge in [-0.2, -0.15) is 0 Å². The fraction of sp³-hybridized carbons (Fsp3) is 0.250. The van der Waals surface area contributed by atoms with Crippen molar-refractivity contribution in [1.29, 1.82) is 0 Å². The van der Waals surface area contributed by atoms with Gasteiger partial charge in [0.2, 0.25) is 0 Å². The van der Waals surface area contributed by atoms with Gasteiger partial charge in [0.25, 0.3) is 0 Å². The van der Waals surface area contributed by atoms with Gasteiger partial charge < -0.3 is 0 Å². The molecule has 0 bridgehead atoms. The molecular weight excluding hydrogens is 308 g/mol. The summed E-state index contributed by atoms with van der Waals surface area (Å²) in [5.74, 6) is 1.01. The Balaban J connectivity index is 2.26. The van der Waals surface area contributed by atoms with Gasteiger partial charge in [-0.1, -0.05) is 58.4 Å². The third kappa shape index (κ3) is 3.15. The molecule has 0 radical (unpaired) electrons. The molecule has 2 heteroatoms. The van der Waals surface area contributed by atoms with Crippen LogP contribution in [0.5, 0.6) is 0 Å². The number of rotatable bonds is 4. The highest BCUT2D eigenvalue weighted by Crippen LogP contribution is 2.28. The summed E-state index contributed by atoms with van der Waals surface area (Å²) in [5, 5.41) is 0. The average molecular weight is 324 g/mol. The second-order valence-electron chi connectivity index (χ2n) is 4.50. The Morgan fingerprint density at radius 3 is 2.39 bits per heavy atom. The van der Waals surface area contributed by atoms with Crippen molar-refractivity contribution >= 4 is 27.5 Å². The summed E-state index contributed by atoms with van der Waals surface area (Å²) < 4.78 is 1.16. The van der Waals surface area contributed by atoms with E-state index in [2.05, 4.69) is 65.3 Å². The van der Waals surface area contributed by atoms with E-state index in [4.69, 9.17) is 11.6 Å². The molecule has 1 unspecified atom stereocenters. The first-order valence-corrected chi connectivity index (χ1v) is 7.40. The maximum absolute atomic E-state index is 6.16. The number of hydrogen-bond acceptors (Lipinski definition) is 0. The van der Waals surface area contributed by atoms with E-state index in [1.54, 1.807) is 0 Å². The van der Waals surface area contributed by atoms with E-state index in [9.17, 15) is 0 Å². The summed E-state index contributed by atoms with van der Waals surface area (Å²) in [6.45, 7) is 2.15. The molecule has 0 aliphatic carbocycles. The molecule has 2 aromatic rings. The second-order valence-corrected chi connectivity index (χ2v) is 5.67. The molecule has 0 aromatic heterocycles. The Morgan fingerprint density at radius 1 is 1.06 bits per heavy atom. The smallest absolute Gasteiger partial charge is 0.0295 e. The van der Waals surface area contributed by atoms with Crippen molar-refractivity contribution in [3.8, 4) is 0 Å². The van der Waals surface area contributed by atoms with Gasteiger partial charge >= 0.3 is 0 Å². The molecule has 0 heterocycles. The molecule has 2 rings (SSSR count). The van der Waals surface area contributed by atoms with Gasteiger partial charge in [-0.3, -0.25) is 0 Å². The Hall–Kier alpha value is -0.790. The molecule has 0 aliphatic rings. The lowest BCUT2D eigenvalue weighted by molar-refractivity contribution is 0.758. The third-order valence-electron chi connectivity index (χ3n) is 3.24. The zero-order chi connectivity index (χ0) is 13.0. The highest BCUT2D eigenvalue weighted by molar-refractivity contribution is 9.10. The highest BCUT2D eigenvalue weighted by Gasteiger charge is 2.14. The molecule has 0 nitrogen and oxygen atoms in total. The van der Waals surface area contributed by atoms with E-state index in [-0.39, 0.29) is 0 Å². The van der Waals surface area contributed by atoms with Crippen LogP contribution in [0.25, 0.3) is 0 Å². The molecule has 0 fully saturated rings. The summed E-state index contributed by atoms with van der Waals surface area (Å²) in [5.41, 5.74) is 3.98. The van der Waals surface area contributed by atoms with Crippen LogP contribution < -0.4 is 0 Å². The van der Waals surface area contributed by atoms with Crippen molar-refractivity contribution in [3.05, 3.63) is 69.7 Å².